The molecule has 172 valence electrons. The molecular formula is C22H21F3N6O2. The maximum atomic E-state index is 14.0. The number of hydrogen-bond acceptors (Lipinski definition) is 5. The lowest BCUT2D eigenvalue weighted by Gasteiger charge is -2.24. The average molecular weight is 458 g/mol. The van der Waals surface area contributed by atoms with Crippen molar-refractivity contribution in [3.63, 3.8) is 0 Å². The predicted molar refractivity (Wildman–Crippen MR) is 113 cm³/mol. The Hall–Kier alpha value is -3.63. The molecule has 1 fully saturated rings. The first-order chi connectivity index (χ1) is 15.6. The Morgan fingerprint density at radius 2 is 2.03 bits per heavy atom. The first-order valence-corrected chi connectivity index (χ1v) is 10.5. The predicted octanol–water partition coefficient (Wildman–Crippen LogP) is 3.11. The Kier molecular flexibility index (Phi) is 4.62. The molecule has 1 aliphatic heterocycles. The molecule has 1 saturated carbocycles. The Morgan fingerprint density at radius 1 is 1.30 bits per heavy atom. The van der Waals surface area contributed by atoms with Crippen molar-refractivity contribution in [3.05, 3.63) is 46.6 Å². The number of anilines is 1. The van der Waals surface area contributed by atoms with Gasteiger partial charge in [-0.05, 0) is 49.4 Å². The first kappa shape index (κ1) is 21.2. The Balaban J connectivity index is 1.65. The van der Waals surface area contributed by atoms with Gasteiger partial charge in [0.1, 0.15) is 5.56 Å². The van der Waals surface area contributed by atoms with Crippen molar-refractivity contribution in [1.82, 2.24) is 24.8 Å². The number of amides is 2. The van der Waals surface area contributed by atoms with Gasteiger partial charge in [-0.3, -0.25) is 9.59 Å². The van der Waals surface area contributed by atoms with E-state index in [9.17, 15) is 22.8 Å². The van der Waals surface area contributed by atoms with E-state index in [1.807, 2.05) is 6.92 Å². The summed E-state index contributed by atoms with van der Waals surface area (Å²) in [7, 11) is 1.43. The molecule has 3 N–H and O–H groups in total. The summed E-state index contributed by atoms with van der Waals surface area (Å²) in [6.45, 7) is 2.00. The first-order valence-electron chi connectivity index (χ1n) is 10.5. The number of aromatic nitrogens is 3. The number of nitrogens with zero attached hydrogens (tertiary/aromatic N) is 4. The van der Waals surface area contributed by atoms with Crippen LogP contribution in [0.5, 0.6) is 0 Å². The second kappa shape index (κ2) is 7.19. The Morgan fingerprint density at radius 3 is 2.67 bits per heavy atom. The number of hydrogen-bond donors (Lipinski definition) is 2. The molecular weight excluding hydrogens is 437 g/mol. The monoisotopic (exact) mass is 458 g/mol. The molecule has 2 aliphatic rings. The highest BCUT2D eigenvalue weighted by molar-refractivity contribution is 6.04. The van der Waals surface area contributed by atoms with E-state index < -0.39 is 23.6 Å². The van der Waals surface area contributed by atoms with Gasteiger partial charge in [0, 0.05) is 31.4 Å². The van der Waals surface area contributed by atoms with Crippen molar-refractivity contribution in [1.29, 1.82) is 0 Å². The zero-order valence-corrected chi connectivity index (χ0v) is 17.9. The molecule has 1 aromatic carbocycles. The maximum absolute atomic E-state index is 14.0. The van der Waals surface area contributed by atoms with Crippen LogP contribution in [0.2, 0.25) is 0 Å². The summed E-state index contributed by atoms with van der Waals surface area (Å²) in [6.07, 6.45) is -1.28. The number of fused-ring (bicyclic) bond motifs is 2. The molecule has 1 atom stereocenters. The van der Waals surface area contributed by atoms with Gasteiger partial charge in [-0.25, -0.2) is 9.50 Å². The van der Waals surface area contributed by atoms with Crippen LogP contribution in [0.4, 0.5) is 19.0 Å². The highest BCUT2D eigenvalue weighted by Gasteiger charge is 2.44. The lowest BCUT2D eigenvalue weighted by Crippen LogP contribution is -2.35. The molecule has 3 heterocycles. The van der Waals surface area contributed by atoms with E-state index in [1.54, 1.807) is 6.07 Å². The van der Waals surface area contributed by atoms with Crippen molar-refractivity contribution < 1.29 is 22.8 Å². The Labute approximate surface area is 186 Å². The fourth-order valence-electron chi connectivity index (χ4n) is 4.46. The number of nitrogens with two attached hydrogens (primary N) is 1. The summed E-state index contributed by atoms with van der Waals surface area (Å²) >= 11 is 0. The van der Waals surface area contributed by atoms with E-state index in [2.05, 4.69) is 15.4 Å². The zero-order valence-electron chi connectivity index (χ0n) is 17.9. The smallest absolute Gasteiger partial charge is 0.381 e. The van der Waals surface area contributed by atoms with Crippen molar-refractivity contribution in [2.75, 3.05) is 12.8 Å². The third-order valence-electron chi connectivity index (χ3n) is 6.40. The fraction of sp³-hybridized carbons (Fsp3) is 0.364. The van der Waals surface area contributed by atoms with Gasteiger partial charge in [-0.2, -0.15) is 13.2 Å². The van der Waals surface area contributed by atoms with Crippen molar-refractivity contribution in [2.24, 2.45) is 5.92 Å². The third-order valence-corrected chi connectivity index (χ3v) is 6.40. The number of nitrogens with one attached hydrogen (secondary N) is 1. The van der Waals surface area contributed by atoms with Crippen LogP contribution in [0.1, 0.15) is 51.6 Å². The number of carbonyl (C=O) groups is 2. The molecule has 0 radical (unpaired) electrons. The average Bonchev–Trinajstić information content (AvgIpc) is 3.49. The van der Waals surface area contributed by atoms with Crippen molar-refractivity contribution in [2.45, 2.75) is 38.5 Å². The minimum atomic E-state index is -4.72. The number of rotatable bonds is 4. The standard InChI is InChI=1S/C22H21F3N6O2/c1-10(11-3-4-11)30-9-13-7-12(8-14(22(23,24)25)16(13)21(30)33)15-5-6-31-19(28-15)17(18(26)29-31)20(32)27-2/h5-8,10-11H,3-4,9H2,1-2H3,(H2,26,29)(H,27,32)/t10-/m0/s1. The Bertz CT molecular complexity index is 1310. The number of alkyl halides is 3. The van der Waals surface area contributed by atoms with Crippen LogP contribution in [0.3, 0.4) is 0 Å². The van der Waals surface area contributed by atoms with Gasteiger partial charge in [0.15, 0.2) is 11.5 Å². The fourth-order valence-corrected chi connectivity index (χ4v) is 4.46. The van der Waals surface area contributed by atoms with E-state index in [0.717, 1.165) is 18.9 Å². The molecule has 2 amide bonds. The molecule has 5 rings (SSSR count). The van der Waals surface area contributed by atoms with Gasteiger partial charge in [-0.15, -0.1) is 5.10 Å². The second-order valence-electron chi connectivity index (χ2n) is 8.49. The van der Waals surface area contributed by atoms with Crippen LogP contribution in [0.15, 0.2) is 24.4 Å². The molecule has 0 saturated heterocycles. The number of benzene rings is 1. The minimum absolute atomic E-state index is 0.0381. The van der Waals surface area contributed by atoms with E-state index in [1.165, 1.54) is 28.7 Å². The normalized spacial score (nSPS) is 16.9. The third kappa shape index (κ3) is 3.38. The largest absolute Gasteiger partial charge is 0.417 e. The van der Waals surface area contributed by atoms with Crippen LogP contribution < -0.4 is 11.1 Å². The quantitative estimate of drug-likeness (QED) is 0.625. The van der Waals surface area contributed by atoms with Gasteiger partial charge in [-0.1, -0.05) is 0 Å². The van der Waals surface area contributed by atoms with Crippen LogP contribution in [-0.2, 0) is 12.7 Å². The topological polar surface area (TPSA) is 106 Å². The van der Waals surface area contributed by atoms with Crippen molar-refractivity contribution in [3.8, 4) is 11.3 Å². The van der Waals surface area contributed by atoms with Crippen LogP contribution in [-0.4, -0.2) is 44.4 Å². The highest BCUT2D eigenvalue weighted by atomic mass is 19.4. The van der Waals surface area contributed by atoms with Crippen LogP contribution in [0.25, 0.3) is 16.9 Å². The summed E-state index contributed by atoms with van der Waals surface area (Å²) in [6, 6.07) is 3.89. The summed E-state index contributed by atoms with van der Waals surface area (Å²) in [4.78, 5) is 31.1. The molecule has 2 aromatic heterocycles. The molecule has 1 aliphatic carbocycles. The van der Waals surface area contributed by atoms with E-state index in [-0.39, 0.29) is 46.4 Å². The summed E-state index contributed by atoms with van der Waals surface area (Å²) < 4.78 is 43.3. The molecule has 0 bridgehead atoms. The van der Waals surface area contributed by atoms with Gasteiger partial charge >= 0.3 is 6.18 Å². The van der Waals surface area contributed by atoms with E-state index in [0.29, 0.717) is 11.5 Å². The summed E-state index contributed by atoms with van der Waals surface area (Å²) in [5, 5.41) is 6.49. The van der Waals surface area contributed by atoms with Gasteiger partial charge in [0.05, 0.1) is 16.8 Å². The maximum Gasteiger partial charge on any atom is 0.417 e. The summed E-state index contributed by atoms with van der Waals surface area (Å²) in [5.41, 5.74) is 5.45. The number of halogens is 3. The van der Waals surface area contributed by atoms with Gasteiger partial charge in [0.25, 0.3) is 11.8 Å². The lowest BCUT2D eigenvalue weighted by molar-refractivity contribution is -0.137. The highest BCUT2D eigenvalue weighted by Crippen LogP contribution is 2.43. The van der Waals surface area contributed by atoms with Gasteiger partial charge < -0.3 is 16.0 Å². The number of nitrogen functional groups attached to an aromatic ring is 1. The molecule has 11 heteroatoms. The van der Waals surface area contributed by atoms with E-state index in [4.69, 9.17) is 5.73 Å². The zero-order chi connectivity index (χ0) is 23.7. The second-order valence-corrected chi connectivity index (χ2v) is 8.49. The summed E-state index contributed by atoms with van der Waals surface area (Å²) in [5.74, 6) is -0.805. The molecule has 8 nitrogen and oxygen atoms in total. The van der Waals surface area contributed by atoms with Crippen molar-refractivity contribution >= 4 is 23.3 Å². The number of carbonyl (C=O) groups excluding carboxylic acids is 2. The molecule has 33 heavy (non-hydrogen) atoms. The lowest BCUT2D eigenvalue weighted by atomic mass is 9.97. The minimum Gasteiger partial charge on any atom is -0.381 e. The van der Waals surface area contributed by atoms with Gasteiger partial charge in [0.2, 0.25) is 0 Å². The van der Waals surface area contributed by atoms with Crippen LogP contribution >= 0.6 is 0 Å². The van der Waals surface area contributed by atoms with E-state index >= 15 is 0 Å². The van der Waals surface area contributed by atoms with Crippen LogP contribution in [0, 0.1) is 5.92 Å². The molecule has 3 aromatic rings. The molecule has 0 spiro atoms. The SMILES string of the molecule is CNC(=O)c1c(N)nn2ccc(-c3cc4c(c(C(F)(F)F)c3)C(=O)N([C@@H](C)C3CC3)C4)nc12. The molecule has 0 unspecified atom stereocenters.